The summed E-state index contributed by atoms with van der Waals surface area (Å²) in [5, 5.41) is 3.97. The Morgan fingerprint density at radius 3 is 2.89 bits per heavy atom. The first-order chi connectivity index (χ1) is 8.60. The van der Waals surface area contributed by atoms with Gasteiger partial charge in [-0.15, -0.1) is 0 Å². The molecule has 0 aliphatic rings. The van der Waals surface area contributed by atoms with Gasteiger partial charge < -0.3 is 10.3 Å². The number of benzene rings is 1. The van der Waals surface area contributed by atoms with E-state index in [1.807, 2.05) is 32.0 Å². The van der Waals surface area contributed by atoms with Crippen LogP contribution in [-0.2, 0) is 6.42 Å². The van der Waals surface area contributed by atoms with Crippen LogP contribution < -0.4 is 5.73 Å². The van der Waals surface area contributed by atoms with Crippen LogP contribution in [0.2, 0.25) is 0 Å². The van der Waals surface area contributed by atoms with Crippen molar-refractivity contribution in [2.24, 2.45) is 5.73 Å². The first-order valence-electron chi connectivity index (χ1n) is 5.95. The number of halogens is 1. The predicted molar refractivity (Wildman–Crippen MR) is 74.1 cm³/mol. The second-order valence-electron chi connectivity index (χ2n) is 4.35. The van der Waals surface area contributed by atoms with Crippen molar-refractivity contribution in [2.75, 3.05) is 0 Å². The van der Waals surface area contributed by atoms with E-state index < -0.39 is 0 Å². The number of rotatable bonds is 4. The number of hydrogen-bond acceptors (Lipinski definition) is 4. The minimum Gasteiger partial charge on any atom is -0.334 e. The van der Waals surface area contributed by atoms with E-state index in [1.54, 1.807) is 0 Å². The zero-order valence-corrected chi connectivity index (χ0v) is 12.1. The SMILES string of the molecule is CCC(N)Cc1noc(-c2ccc(Br)cc2C)n1. The van der Waals surface area contributed by atoms with Gasteiger partial charge in [0.2, 0.25) is 0 Å². The van der Waals surface area contributed by atoms with Crippen molar-refractivity contribution in [3.05, 3.63) is 34.1 Å². The lowest BCUT2D eigenvalue weighted by Gasteiger charge is -2.03. The van der Waals surface area contributed by atoms with E-state index in [4.69, 9.17) is 10.3 Å². The van der Waals surface area contributed by atoms with Gasteiger partial charge in [0.1, 0.15) is 0 Å². The summed E-state index contributed by atoms with van der Waals surface area (Å²) in [5.74, 6) is 1.22. The van der Waals surface area contributed by atoms with E-state index in [1.165, 1.54) is 0 Å². The molecule has 5 heteroatoms. The molecule has 0 fully saturated rings. The largest absolute Gasteiger partial charge is 0.334 e. The van der Waals surface area contributed by atoms with Gasteiger partial charge in [0.15, 0.2) is 5.82 Å². The average Bonchev–Trinajstić information content (AvgIpc) is 2.77. The van der Waals surface area contributed by atoms with Gasteiger partial charge in [-0.25, -0.2) is 0 Å². The summed E-state index contributed by atoms with van der Waals surface area (Å²) in [4.78, 5) is 4.39. The van der Waals surface area contributed by atoms with E-state index in [2.05, 4.69) is 26.1 Å². The molecule has 0 aliphatic carbocycles. The minimum absolute atomic E-state index is 0.0847. The molecule has 0 amide bonds. The third-order valence-corrected chi connectivity index (χ3v) is 3.35. The number of nitrogens with zero attached hydrogens (tertiary/aromatic N) is 2. The number of hydrogen-bond donors (Lipinski definition) is 1. The van der Waals surface area contributed by atoms with Crippen molar-refractivity contribution in [1.82, 2.24) is 10.1 Å². The maximum Gasteiger partial charge on any atom is 0.258 e. The van der Waals surface area contributed by atoms with Gasteiger partial charge in [-0.05, 0) is 37.1 Å². The molecule has 0 spiro atoms. The minimum atomic E-state index is 0.0847. The zero-order chi connectivity index (χ0) is 13.1. The third kappa shape index (κ3) is 2.97. The first kappa shape index (κ1) is 13.2. The monoisotopic (exact) mass is 309 g/mol. The van der Waals surface area contributed by atoms with Gasteiger partial charge in [0.05, 0.1) is 0 Å². The highest BCUT2D eigenvalue weighted by Crippen LogP contribution is 2.24. The highest BCUT2D eigenvalue weighted by molar-refractivity contribution is 9.10. The Kier molecular flexibility index (Phi) is 4.14. The Hall–Kier alpha value is -1.20. The molecule has 1 heterocycles. The molecule has 0 aliphatic heterocycles. The highest BCUT2D eigenvalue weighted by Gasteiger charge is 2.13. The van der Waals surface area contributed by atoms with E-state index in [9.17, 15) is 0 Å². The number of nitrogens with two attached hydrogens (primary N) is 1. The van der Waals surface area contributed by atoms with Crippen molar-refractivity contribution < 1.29 is 4.52 Å². The molecule has 1 aromatic heterocycles. The summed E-state index contributed by atoms with van der Waals surface area (Å²) in [7, 11) is 0. The molecule has 1 aromatic carbocycles. The van der Waals surface area contributed by atoms with Crippen molar-refractivity contribution in [1.29, 1.82) is 0 Å². The Labute approximate surface area is 115 Å². The highest BCUT2D eigenvalue weighted by atomic mass is 79.9. The molecule has 96 valence electrons. The van der Waals surface area contributed by atoms with Gasteiger partial charge >= 0.3 is 0 Å². The molecule has 1 atom stereocenters. The molecular weight excluding hydrogens is 294 g/mol. The fourth-order valence-electron chi connectivity index (χ4n) is 1.69. The standard InChI is InChI=1S/C13H16BrN3O/c1-3-10(15)7-12-16-13(18-17-12)11-5-4-9(14)6-8(11)2/h4-6,10H,3,7,15H2,1-2H3. The van der Waals surface area contributed by atoms with Crippen molar-refractivity contribution in [3.8, 4) is 11.5 Å². The molecule has 2 rings (SSSR count). The van der Waals surface area contributed by atoms with E-state index in [0.29, 0.717) is 18.1 Å². The maximum atomic E-state index is 5.87. The van der Waals surface area contributed by atoms with Crippen LogP contribution in [-0.4, -0.2) is 16.2 Å². The Morgan fingerprint density at radius 2 is 2.22 bits per heavy atom. The summed E-state index contributed by atoms with van der Waals surface area (Å²) in [5.41, 5.74) is 7.93. The lowest BCUT2D eigenvalue weighted by molar-refractivity contribution is 0.419. The number of aromatic nitrogens is 2. The van der Waals surface area contributed by atoms with Gasteiger partial charge in [0, 0.05) is 22.5 Å². The van der Waals surface area contributed by atoms with Crippen LogP contribution >= 0.6 is 15.9 Å². The molecule has 18 heavy (non-hydrogen) atoms. The molecule has 0 radical (unpaired) electrons. The second-order valence-corrected chi connectivity index (χ2v) is 5.26. The van der Waals surface area contributed by atoms with Crippen LogP contribution in [0.4, 0.5) is 0 Å². The molecule has 2 N–H and O–H groups in total. The van der Waals surface area contributed by atoms with Crippen LogP contribution in [0, 0.1) is 6.92 Å². The maximum absolute atomic E-state index is 5.87. The summed E-state index contributed by atoms with van der Waals surface area (Å²) >= 11 is 3.43. The molecule has 0 saturated heterocycles. The molecule has 1 unspecified atom stereocenters. The summed E-state index contributed by atoms with van der Waals surface area (Å²) in [6.45, 7) is 4.06. The summed E-state index contributed by atoms with van der Waals surface area (Å²) in [6.07, 6.45) is 1.55. The predicted octanol–water partition coefficient (Wildman–Crippen LogP) is 3.09. The molecule has 2 aromatic rings. The second kappa shape index (κ2) is 5.63. The zero-order valence-electron chi connectivity index (χ0n) is 10.5. The number of aryl methyl sites for hydroxylation is 1. The van der Waals surface area contributed by atoms with Crippen LogP contribution in [0.25, 0.3) is 11.5 Å². The van der Waals surface area contributed by atoms with Gasteiger partial charge in [-0.1, -0.05) is 28.0 Å². The first-order valence-corrected chi connectivity index (χ1v) is 6.74. The smallest absolute Gasteiger partial charge is 0.258 e. The van der Waals surface area contributed by atoms with Gasteiger partial charge in [0.25, 0.3) is 5.89 Å². The van der Waals surface area contributed by atoms with Crippen LogP contribution in [0.5, 0.6) is 0 Å². The topological polar surface area (TPSA) is 64.9 Å². The molecular formula is C13H16BrN3O. The van der Waals surface area contributed by atoms with Crippen LogP contribution in [0.15, 0.2) is 27.2 Å². The van der Waals surface area contributed by atoms with Crippen molar-refractivity contribution >= 4 is 15.9 Å². The van der Waals surface area contributed by atoms with E-state index in [0.717, 1.165) is 22.0 Å². The third-order valence-electron chi connectivity index (χ3n) is 2.86. The molecule has 4 nitrogen and oxygen atoms in total. The molecule has 0 bridgehead atoms. The van der Waals surface area contributed by atoms with Gasteiger partial charge in [-0.2, -0.15) is 4.98 Å². The van der Waals surface area contributed by atoms with Gasteiger partial charge in [-0.3, -0.25) is 0 Å². The van der Waals surface area contributed by atoms with Crippen molar-refractivity contribution in [2.45, 2.75) is 32.7 Å². The lowest BCUT2D eigenvalue weighted by Crippen LogP contribution is -2.21. The van der Waals surface area contributed by atoms with E-state index in [-0.39, 0.29) is 6.04 Å². The summed E-state index contributed by atoms with van der Waals surface area (Å²) in [6, 6.07) is 6.04. The quantitative estimate of drug-likeness (QED) is 0.942. The Balaban J connectivity index is 2.24. The molecule has 0 saturated carbocycles. The van der Waals surface area contributed by atoms with Crippen molar-refractivity contribution in [3.63, 3.8) is 0 Å². The normalized spacial score (nSPS) is 12.7. The van der Waals surface area contributed by atoms with E-state index >= 15 is 0 Å². The van der Waals surface area contributed by atoms with Crippen LogP contribution in [0.1, 0.15) is 24.7 Å². The fraction of sp³-hybridized carbons (Fsp3) is 0.385. The lowest BCUT2D eigenvalue weighted by atomic mass is 10.1. The Morgan fingerprint density at radius 1 is 1.44 bits per heavy atom. The van der Waals surface area contributed by atoms with Crippen LogP contribution in [0.3, 0.4) is 0 Å². The average molecular weight is 310 g/mol. The Bertz CT molecular complexity index is 539. The summed E-state index contributed by atoms with van der Waals surface area (Å²) < 4.78 is 6.32. The fourth-order valence-corrected chi connectivity index (χ4v) is 2.17.